The molecule has 1 nitrogen and oxygen atoms in total. The first kappa shape index (κ1) is 9.59. The van der Waals surface area contributed by atoms with Crippen LogP contribution >= 0.6 is 12.2 Å². The second-order valence-corrected chi connectivity index (χ2v) is 3.50. The lowest BCUT2D eigenvalue weighted by molar-refractivity contribution is 0.591. The SMILES string of the molecule is CCC1=CCC(C(=N)C=S)CC1. The quantitative estimate of drug-likeness (QED) is 0.403. The highest BCUT2D eigenvalue weighted by Crippen LogP contribution is 2.25. The van der Waals surface area contributed by atoms with Crippen LogP contribution in [0.5, 0.6) is 0 Å². The highest BCUT2D eigenvalue weighted by atomic mass is 32.1. The van der Waals surface area contributed by atoms with Gasteiger partial charge in [0.15, 0.2) is 0 Å². The van der Waals surface area contributed by atoms with Crippen molar-refractivity contribution in [2.45, 2.75) is 32.6 Å². The lowest BCUT2D eigenvalue weighted by Gasteiger charge is -2.20. The molecule has 0 aliphatic heterocycles. The Kier molecular flexibility index (Phi) is 3.60. The van der Waals surface area contributed by atoms with Gasteiger partial charge in [-0.15, -0.1) is 0 Å². The third-order valence-electron chi connectivity index (χ3n) is 2.53. The van der Waals surface area contributed by atoms with Gasteiger partial charge in [-0.3, -0.25) is 0 Å². The second-order valence-electron chi connectivity index (χ2n) is 3.26. The molecule has 1 rings (SSSR count). The molecule has 1 unspecified atom stereocenters. The third kappa shape index (κ3) is 2.24. The molecule has 0 bridgehead atoms. The van der Waals surface area contributed by atoms with Crippen LogP contribution in [0, 0.1) is 11.3 Å². The van der Waals surface area contributed by atoms with Crippen LogP contribution in [-0.4, -0.2) is 11.1 Å². The van der Waals surface area contributed by atoms with E-state index in [0.717, 1.165) is 25.7 Å². The van der Waals surface area contributed by atoms with E-state index in [-0.39, 0.29) is 0 Å². The summed E-state index contributed by atoms with van der Waals surface area (Å²) in [4.78, 5) is 0. The molecule has 66 valence electrons. The maximum absolute atomic E-state index is 7.57. The number of thiocarbonyl (C=S) groups is 1. The lowest BCUT2D eigenvalue weighted by Crippen LogP contribution is -2.16. The van der Waals surface area contributed by atoms with Crippen molar-refractivity contribution in [2.24, 2.45) is 5.92 Å². The maximum atomic E-state index is 7.57. The zero-order valence-electron chi connectivity index (χ0n) is 7.47. The molecular weight excluding hydrogens is 166 g/mol. The Bertz CT molecular complexity index is 218. The maximum Gasteiger partial charge on any atom is 0.0455 e. The highest BCUT2D eigenvalue weighted by molar-refractivity contribution is 7.80. The van der Waals surface area contributed by atoms with Crippen LogP contribution in [-0.2, 0) is 0 Å². The summed E-state index contributed by atoms with van der Waals surface area (Å²) in [5.74, 6) is 0.401. The number of hydrogen-bond acceptors (Lipinski definition) is 2. The summed E-state index contributed by atoms with van der Waals surface area (Å²) < 4.78 is 0. The summed E-state index contributed by atoms with van der Waals surface area (Å²) in [7, 11) is 0. The van der Waals surface area contributed by atoms with Crippen LogP contribution in [0.3, 0.4) is 0 Å². The Labute approximate surface area is 79.4 Å². The van der Waals surface area contributed by atoms with Crippen molar-refractivity contribution in [1.29, 1.82) is 5.41 Å². The lowest BCUT2D eigenvalue weighted by atomic mass is 9.86. The molecule has 0 aromatic heterocycles. The molecule has 0 saturated heterocycles. The van der Waals surface area contributed by atoms with Crippen molar-refractivity contribution in [3.8, 4) is 0 Å². The van der Waals surface area contributed by atoms with Crippen molar-refractivity contribution < 1.29 is 0 Å². The Morgan fingerprint density at radius 1 is 1.83 bits per heavy atom. The van der Waals surface area contributed by atoms with Crippen molar-refractivity contribution in [2.75, 3.05) is 0 Å². The highest BCUT2D eigenvalue weighted by Gasteiger charge is 2.15. The number of nitrogens with one attached hydrogen (secondary N) is 1. The number of rotatable bonds is 3. The Morgan fingerprint density at radius 3 is 3.00 bits per heavy atom. The summed E-state index contributed by atoms with van der Waals surface area (Å²) in [6.07, 6.45) is 6.74. The monoisotopic (exact) mass is 181 g/mol. The smallest absolute Gasteiger partial charge is 0.0455 e. The van der Waals surface area contributed by atoms with Crippen LogP contribution in [0.15, 0.2) is 11.6 Å². The van der Waals surface area contributed by atoms with E-state index in [4.69, 9.17) is 17.6 Å². The van der Waals surface area contributed by atoms with Gasteiger partial charge in [-0.2, -0.15) is 0 Å². The summed E-state index contributed by atoms with van der Waals surface area (Å²) >= 11 is 4.74. The average Bonchev–Trinajstić information content (AvgIpc) is 2.17. The van der Waals surface area contributed by atoms with Gasteiger partial charge >= 0.3 is 0 Å². The van der Waals surface area contributed by atoms with Gasteiger partial charge in [0.1, 0.15) is 0 Å². The first-order valence-electron chi connectivity index (χ1n) is 4.49. The molecule has 0 aromatic rings. The molecule has 2 heteroatoms. The second kappa shape index (κ2) is 4.51. The standard InChI is InChI=1S/C10H15NS/c1-2-8-3-5-9(6-4-8)10(11)7-12/h3,7,9,11H,2,4-6H2,1H3. The van der Waals surface area contributed by atoms with E-state index in [2.05, 4.69) is 13.0 Å². The molecule has 1 aliphatic carbocycles. The minimum Gasteiger partial charge on any atom is -0.304 e. The van der Waals surface area contributed by atoms with Crippen molar-refractivity contribution in [3.05, 3.63) is 11.6 Å². The van der Waals surface area contributed by atoms with E-state index in [0.29, 0.717) is 11.6 Å². The minimum atomic E-state index is 0.401. The molecule has 1 aliphatic rings. The average molecular weight is 181 g/mol. The van der Waals surface area contributed by atoms with E-state index in [1.54, 1.807) is 5.57 Å². The first-order valence-corrected chi connectivity index (χ1v) is 4.96. The fraction of sp³-hybridized carbons (Fsp3) is 0.600. The molecule has 0 saturated carbocycles. The van der Waals surface area contributed by atoms with Gasteiger partial charge in [-0.05, 0) is 25.7 Å². The number of hydrogen-bond donors (Lipinski definition) is 1. The van der Waals surface area contributed by atoms with Gasteiger partial charge < -0.3 is 5.41 Å². The molecule has 0 radical (unpaired) electrons. The van der Waals surface area contributed by atoms with Crippen molar-refractivity contribution in [3.63, 3.8) is 0 Å². The van der Waals surface area contributed by atoms with E-state index in [9.17, 15) is 0 Å². The van der Waals surface area contributed by atoms with E-state index < -0.39 is 0 Å². The predicted molar refractivity (Wildman–Crippen MR) is 57.1 cm³/mol. The van der Waals surface area contributed by atoms with Gasteiger partial charge in [-0.25, -0.2) is 0 Å². The predicted octanol–water partition coefficient (Wildman–Crippen LogP) is 3.14. The third-order valence-corrected chi connectivity index (χ3v) is 2.78. The zero-order chi connectivity index (χ0) is 8.97. The number of allylic oxidation sites excluding steroid dienone is 2. The normalized spacial score (nSPS) is 23.1. The molecule has 1 N–H and O–H groups in total. The van der Waals surface area contributed by atoms with Crippen LogP contribution in [0.25, 0.3) is 0 Å². The Balaban J connectivity index is 2.51. The molecular formula is C10H15NS. The fourth-order valence-corrected chi connectivity index (χ4v) is 1.78. The summed E-state index contributed by atoms with van der Waals surface area (Å²) in [6.45, 7) is 2.19. The molecule has 12 heavy (non-hydrogen) atoms. The molecule has 0 amide bonds. The molecule has 0 fully saturated rings. The van der Waals surface area contributed by atoms with Gasteiger partial charge in [0, 0.05) is 17.0 Å². The summed E-state index contributed by atoms with van der Waals surface area (Å²) in [5.41, 5.74) is 2.18. The molecule has 0 aromatic carbocycles. The van der Waals surface area contributed by atoms with Gasteiger partial charge in [0.05, 0.1) is 0 Å². The van der Waals surface area contributed by atoms with Gasteiger partial charge in [0.2, 0.25) is 0 Å². The van der Waals surface area contributed by atoms with E-state index in [1.165, 1.54) is 5.37 Å². The van der Waals surface area contributed by atoms with Crippen LogP contribution in [0.1, 0.15) is 32.6 Å². The van der Waals surface area contributed by atoms with E-state index >= 15 is 0 Å². The Hall–Kier alpha value is -0.500. The van der Waals surface area contributed by atoms with E-state index in [1.807, 2.05) is 0 Å². The minimum absolute atomic E-state index is 0.401. The molecule has 0 heterocycles. The van der Waals surface area contributed by atoms with Gasteiger partial charge in [-0.1, -0.05) is 30.8 Å². The Morgan fingerprint density at radius 2 is 2.58 bits per heavy atom. The van der Waals surface area contributed by atoms with Crippen LogP contribution < -0.4 is 0 Å². The van der Waals surface area contributed by atoms with Crippen molar-refractivity contribution >= 4 is 23.3 Å². The molecule has 0 spiro atoms. The zero-order valence-corrected chi connectivity index (χ0v) is 8.29. The molecule has 1 atom stereocenters. The van der Waals surface area contributed by atoms with Crippen LogP contribution in [0.4, 0.5) is 0 Å². The van der Waals surface area contributed by atoms with Gasteiger partial charge in [0.25, 0.3) is 0 Å². The van der Waals surface area contributed by atoms with Crippen molar-refractivity contribution in [1.82, 2.24) is 0 Å². The van der Waals surface area contributed by atoms with Crippen LogP contribution in [0.2, 0.25) is 0 Å². The topological polar surface area (TPSA) is 23.9 Å². The summed E-state index contributed by atoms with van der Waals surface area (Å²) in [6, 6.07) is 0. The largest absolute Gasteiger partial charge is 0.304 e. The fourth-order valence-electron chi connectivity index (χ4n) is 1.59. The first-order chi connectivity index (χ1) is 5.77. The summed E-state index contributed by atoms with van der Waals surface area (Å²) in [5, 5.41) is 9.08.